The van der Waals surface area contributed by atoms with Crippen molar-refractivity contribution in [1.82, 2.24) is 15.0 Å². The molecule has 0 spiro atoms. The zero-order valence-corrected chi connectivity index (χ0v) is 12.1. The van der Waals surface area contributed by atoms with E-state index in [4.69, 9.17) is 0 Å². The Bertz CT molecular complexity index is 539. The van der Waals surface area contributed by atoms with E-state index in [0.29, 0.717) is 13.0 Å². The lowest BCUT2D eigenvalue weighted by molar-refractivity contribution is -0.116. The smallest absolute Gasteiger partial charge is 0.226 e. The van der Waals surface area contributed by atoms with E-state index in [2.05, 4.69) is 38.2 Å². The molecule has 0 aliphatic rings. The van der Waals surface area contributed by atoms with Crippen molar-refractivity contribution in [1.29, 1.82) is 0 Å². The van der Waals surface area contributed by atoms with Crippen LogP contribution in [0.15, 0.2) is 30.6 Å². The number of aryl methyl sites for hydroxylation is 2. The predicted octanol–water partition coefficient (Wildman–Crippen LogP) is 2.22. The Balaban J connectivity index is 1.88. The van der Waals surface area contributed by atoms with Gasteiger partial charge in [0.1, 0.15) is 0 Å². The summed E-state index contributed by atoms with van der Waals surface area (Å²) in [6.07, 6.45) is 3.72. The fourth-order valence-corrected chi connectivity index (χ4v) is 1.98. The molecule has 2 aromatic rings. The summed E-state index contributed by atoms with van der Waals surface area (Å²) in [6.45, 7) is 2.58. The normalized spacial score (nSPS) is 10.3. The quantitative estimate of drug-likeness (QED) is 0.855. The Labute approximate surface area is 119 Å². The molecule has 18 heavy (non-hydrogen) atoms. The van der Waals surface area contributed by atoms with Crippen molar-refractivity contribution < 1.29 is 4.79 Å². The highest BCUT2D eigenvalue weighted by Gasteiger charge is 2.04. The molecule has 0 saturated heterocycles. The van der Waals surface area contributed by atoms with Crippen molar-refractivity contribution in [3.05, 3.63) is 39.7 Å². The topological polar surface area (TPSA) is 59.8 Å². The number of aromatic nitrogens is 3. The number of halogens is 1. The molecule has 6 heteroatoms. The Hall–Kier alpha value is -1.44. The van der Waals surface area contributed by atoms with Gasteiger partial charge in [0.15, 0.2) is 0 Å². The molecule has 0 bridgehead atoms. The van der Waals surface area contributed by atoms with Gasteiger partial charge < -0.3 is 5.32 Å². The molecule has 94 valence electrons. The number of nitrogens with zero attached hydrogens (tertiary/aromatic N) is 3. The van der Waals surface area contributed by atoms with E-state index in [9.17, 15) is 4.79 Å². The number of anilines is 1. The van der Waals surface area contributed by atoms with Crippen molar-refractivity contribution in [3.63, 3.8) is 0 Å². The van der Waals surface area contributed by atoms with E-state index in [0.717, 1.165) is 9.26 Å². The first-order valence-corrected chi connectivity index (χ1v) is 6.63. The number of carbonyl (C=O) groups excluding carboxylic acids is 1. The van der Waals surface area contributed by atoms with Gasteiger partial charge in [-0.3, -0.25) is 9.48 Å². The summed E-state index contributed by atoms with van der Waals surface area (Å²) >= 11 is 2.25. The summed E-state index contributed by atoms with van der Waals surface area (Å²) in [4.78, 5) is 11.7. The molecule has 1 aromatic heterocycles. The number of amides is 1. The molecule has 1 N–H and O–H groups in total. The van der Waals surface area contributed by atoms with Crippen LogP contribution in [0.4, 0.5) is 5.69 Å². The average Bonchev–Trinajstić information content (AvgIpc) is 2.84. The fraction of sp³-hybridized carbons (Fsp3) is 0.250. The molecule has 0 radical (unpaired) electrons. The molecule has 2 rings (SSSR count). The van der Waals surface area contributed by atoms with E-state index in [-0.39, 0.29) is 5.91 Å². The fourth-order valence-electron chi connectivity index (χ4n) is 1.46. The zero-order chi connectivity index (χ0) is 13.0. The summed E-state index contributed by atoms with van der Waals surface area (Å²) in [6, 6.07) is 5.86. The van der Waals surface area contributed by atoms with E-state index in [1.807, 2.05) is 25.1 Å². The molecule has 0 fully saturated rings. The minimum atomic E-state index is -0.0230. The van der Waals surface area contributed by atoms with Crippen LogP contribution in [0.1, 0.15) is 12.0 Å². The van der Waals surface area contributed by atoms with Gasteiger partial charge >= 0.3 is 0 Å². The molecule has 0 saturated carbocycles. The molecule has 0 unspecified atom stereocenters. The maximum atomic E-state index is 11.7. The molecule has 0 atom stereocenters. The second kappa shape index (κ2) is 5.94. The Morgan fingerprint density at radius 2 is 2.33 bits per heavy atom. The Kier molecular flexibility index (Phi) is 4.29. The highest BCUT2D eigenvalue weighted by Crippen LogP contribution is 2.17. The predicted molar refractivity (Wildman–Crippen MR) is 77.2 cm³/mol. The van der Waals surface area contributed by atoms with Gasteiger partial charge in [-0.25, -0.2) is 0 Å². The first-order valence-electron chi connectivity index (χ1n) is 5.55. The van der Waals surface area contributed by atoms with Crippen LogP contribution in [0.2, 0.25) is 0 Å². The highest BCUT2D eigenvalue weighted by atomic mass is 127. The third kappa shape index (κ3) is 3.52. The van der Waals surface area contributed by atoms with Gasteiger partial charge in [0.05, 0.1) is 12.7 Å². The van der Waals surface area contributed by atoms with E-state index in [1.165, 1.54) is 5.56 Å². The lowest BCUT2D eigenvalue weighted by atomic mass is 10.2. The average molecular weight is 356 g/mol. The number of carbonyl (C=O) groups is 1. The van der Waals surface area contributed by atoms with Crippen molar-refractivity contribution in [2.75, 3.05) is 5.32 Å². The highest BCUT2D eigenvalue weighted by molar-refractivity contribution is 14.1. The van der Waals surface area contributed by atoms with E-state index >= 15 is 0 Å². The van der Waals surface area contributed by atoms with Crippen LogP contribution in [-0.4, -0.2) is 20.9 Å². The van der Waals surface area contributed by atoms with Crippen LogP contribution < -0.4 is 5.32 Å². The van der Waals surface area contributed by atoms with Crippen LogP contribution >= 0.6 is 22.6 Å². The van der Waals surface area contributed by atoms with Gasteiger partial charge in [-0.05, 0) is 47.2 Å². The third-order valence-electron chi connectivity index (χ3n) is 2.50. The van der Waals surface area contributed by atoms with Crippen LogP contribution in [0.25, 0.3) is 0 Å². The lowest BCUT2D eigenvalue weighted by Crippen LogP contribution is -2.14. The second-order valence-electron chi connectivity index (χ2n) is 3.93. The van der Waals surface area contributed by atoms with E-state index in [1.54, 1.807) is 17.1 Å². The summed E-state index contributed by atoms with van der Waals surface area (Å²) in [5.74, 6) is -0.0230. The molecule has 5 nitrogen and oxygen atoms in total. The maximum Gasteiger partial charge on any atom is 0.226 e. The van der Waals surface area contributed by atoms with Crippen LogP contribution in [0, 0.1) is 10.5 Å². The number of hydrogen-bond donors (Lipinski definition) is 1. The third-order valence-corrected chi connectivity index (χ3v) is 3.66. The van der Waals surface area contributed by atoms with Gasteiger partial charge in [-0.15, -0.1) is 5.10 Å². The lowest BCUT2D eigenvalue weighted by Gasteiger charge is -2.07. The molecule has 0 aliphatic carbocycles. The SMILES string of the molecule is Cc1ccc(NC(=O)CCn2ccnn2)cc1I. The minimum absolute atomic E-state index is 0.0230. The largest absolute Gasteiger partial charge is 0.326 e. The minimum Gasteiger partial charge on any atom is -0.326 e. The zero-order valence-electron chi connectivity index (χ0n) is 9.93. The Morgan fingerprint density at radius 3 is 3.00 bits per heavy atom. The molecule has 1 amide bonds. The van der Waals surface area contributed by atoms with Crippen LogP contribution in [0.5, 0.6) is 0 Å². The van der Waals surface area contributed by atoms with Gasteiger partial charge in [-0.2, -0.15) is 0 Å². The first kappa shape index (κ1) is 13.0. The van der Waals surface area contributed by atoms with Gasteiger partial charge in [0.25, 0.3) is 0 Å². The molecule has 0 aliphatic heterocycles. The summed E-state index contributed by atoms with van der Waals surface area (Å²) in [7, 11) is 0. The number of benzene rings is 1. The van der Waals surface area contributed by atoms with Crippen molar-refractivity contribution >= 4 is 34.2 Å². The van der Waals surface area contributed by atoms with Crippen molar-refractivity contribution in [3.8, 4) is 0 Å². The van der Waals surface area contributed by atoms with Gasteiger partial charge in [0.2, 0.25) is 5.91 Å². The molecule has 1 heterocycles. The monoisotopic (exact) mass is 356 g/mol. The van der Waals surface area contributed by atoms with Crippen LogP contribution in [-0.2, 0) is 11.3 Å². The maximum absolute atomic E-state index is 11.7. The standard InChI is InChI=1S/C12H13IN4O/c1-9-2-3-10(8-11(9)13)15-12(18)4-6-17-7-5-14-16-17/h2-3,5,7-8H,4,6H2,1H3,(H,15,18). The number of nitrogens with one attached hydrogen (secondary N) is 1. The van der Waals surface area contributed by atoms with Gasteiger partial charge in [-0.1, -0.05) is 11.3 Å². The Morgan fingerprint density at radius 1 is 1.50 bits per heavy atom. The summed E-state index contributed by atoms with van der Waals surface area (Å²) in [5.41, 5.74) is 2.03. The van der Waals surface area contributed by atoms with Crippen molar-refractivity contribution in [2.24, 2.45) is 0 Å². The van der Waals surface area contributed by atoms with Crippen molar-refractivity contribution in [2.45, 2.75) is 19.9 Å². The van der Waals surface area contributed by atoms with Crippen LogP contribution in [0.3, 0.4) is 0 Å². The van der Waals surface area contributed by atoms with E-state index < -0.39 is 0 Å². The van der Waals surface area contributed by atoms with Gasteiger partial charge in [0, 0.05) is 21.9 Å². The molecular weight excluding hydrogens is 343 g/mol. The summed E-state index contributed by atoms with van der Waals surface area (Å²) < 4.78 is 2.78. The number of rotatable bonds is 4. The number of hydrogen-bond acceptors (Lipinski definition) is 3. The first-order chi connectivity index (χ1) is 8.65. The molecule has 1 aromatic carbocycles. The summed E-state index contributed by atoms with van der Waals surface area (Å²) in [5, 5.41) is 10.4. The molecular formula is C12H13IN4O. The second-order valence-corrected chi connectivity index (χ2v) is 5.09.